The lowest BCUT2D eigenvalue weighted by Crippen LogP contribution is -2.11. The van der Waals surface area contributed by atoms with Crippen LogP contribution in [-0.2, 0) is 0 Å². The Balaban J connectivity index is 2.24. The molecule has 0 saturated heterocycles. The molecule has 2 aromatic heterocycles. The van der Waals surface area contributed by atoms with Crippen molar-refractivity contribution in [1.29, 1.82) is 0 Å². The van der Waals surface area contributed by atoms with Crippen LogP contribution in [0.15, 0.2) is 27.5 Å². The van der Waals surface area contributed by atoms with Gasteiger partial charge in [-0.25, -0.2) is 4.98 Å². The van der Waals surface area contributed by atoms with Crippen molar-refractivity contribution in [2.24, 2.45) is 0 Å². The monoisotopic (exact) mass is 348 g/mol. The minimum Gasteiger partial charge on any atom is -0.378 e. The zero-order valence-electron chi connectivity index (χ0n) is 11.8. The number of nitrogens with one attached hydrogen (secondary N) is 1. The van der Waals surface area contributed by atoms with Gasteiger partial charge in [-0.2, -0.15) is 4.68 Å². The summed E-state index contributed by atoms with van der Waals surface area (Å²) in [5.74, 6) is 0.525. The number of hydrogen-bond acceptors (Lipinski definition) is 5. The maximum Gasteiger partial charge on any atom is 0.281 e. The maximum atomic E-state index is 11.8. The topological polar surface area (TPSA) is 79.7 Å². The molecule has 0 bridgehead atoms. The van der Waals surface area contributed by atoms with Crippen molar-refractivity contribution in [2.75, 3.05) is 19.0 Å². The largest absolute Gasteiger partial charge is 0.378 e. The van der Waals surface area contributed by atoms with Crippen LogP contribution in [-0.4, -0.2) is 39.1 Å². The van der Waals surface area contributed by atoms with E-state index in [1.165, 1.54) is 0 Å². The second-order valence-electron chi connectivity index (χ2n) is 4.85. The molecule has 0 atom stereocenters. The molecule has 7 nitrogen and oxygen atoms in total. The average Bonchev–Trinajstić information content (AvgIpc) is 2.82. The Labute approximate surface area is 128 Å². The van der Waals surface area contributed by atoms with Gasteiger partial charge in [0.05, 0.1) is 5.69 Å². The molecule has 0 amide bonds. The first-order chi connectivity index (χ1) is 9.97. The number of rotatable bonds is 2. The van der Waals surface area contributed by atoms with Crippen LogP contribution in [0.25, 0.3) is 16.9 Å². The number of aryl methyl sites for hydroxylation is 1. The highest BCUT2D eigenvalue weighted by atomic mass is 79.9. The highest BCUT2D eigenvalue weighted by Gasteiger charge is 2.14. The quantitative estimate of drug-likeness (QED) is 0.761. The van der Waals surface area contributed by atoms with Crippen molar-refractivity contribution < 1.29 is 0 Å². The number of nitrogens with zero attached hydrogens (tertiary/aromatic N) is 5. The minimum absolute atomic E-state index is 0.226. The third-order valence-electron chi connectivity index (χ3n) is 3.11. The molecule has 0 aliphatic carbocycles. The minimum atomic E-state index is -0.287. The van der Waals surface area contributed by atoms with Crippen molar-refractivity contribution in [3.05, 3.63) is 38.9 Å². The number of aromatic amines is 1. The molecular formula is C13H13BrN6O. The van der Waals surface area contributed by atoms with E-state index >= 15 is 0 Å². The molecular weight excluding hydrogens is 336 g/mol. The van der Waals surface area contributed by atoms with Gasteiger partial charge in [0.2, 0.25) is 0 Å². The van der Waals surface area contributed by atoms with Gasteiger partial charge < -0.3 is 9.88 Å². The number of fused-ring (bicyclic) bond motifs is 1. The lowest BCUT2D eigenvalue weighted by atomic mass is 10.2. The van der Waals surface area contributed by atoms with Gasteiger partial charge in [0.15, 0.2) is 11.2 Å². The summed E-state index contributed by atoms with van der Waals surface area (Å²) < 4.78 is 2.40. The molecule has 0 unspecified atom stereocenters. The molecule has 1 N–H and O–H groups in total. The number of H-pyrrole nitrogens is 1. The van der Waals surface area contributed by atoms with Gasteiger partial charge in [0.25, 0.3) is 5.56 Å². The fourth-order valence-electron chi connectivity index (χ4n) is 2.04. The van der Waals surface area contributed by atoms with Gasteiger partial charge in [-0.05, 0) is 41.1 Å². The first kappa shape index (κ1) is 13.7. The van der Waals surface area contributed by atoms with Gasteiger partial charge in [0.1, 0.15) is 5.82 Å². The lowest BCUT2D eigenvalue weighted by molar-refractivity contribution is 0.812. The molecule has 0 aliphatic heterocycles. The number of anilines is 1. The molecule has 21 heavy (non-hydrogen) atoms. The van der Waals surface area contributed by atoms with E-state index in [1.807, 2.05) is 37.2 Å². The zero-order valence-corrected chi connectivity index (χ0v) is 13.3. The molecule has 2 heterocycles. The van der Waals surface area contributed by atoms with Crippen LogP contribution < -0.4 is 10.5 Å². The van der Waals surface area contributed by atoms with Gasteiger partial charge >= 0.3 is 0 Å². The fourth-order valence-corrected chi connectivity index (χ4v) is 2.58. The zero-order chi connectivity index (χ0) is 15.1. The molecule has 8 heteroatoms. The number of halogens is 1. The molecule has 108 valence electrons. The van der Waals surface area contributed by atoms with E-state index in [9.17, 15) is 4.79 Å². The van der Waals surface area contributed by atoms with Gasteiger partial charge in [-0.1, -0.05) is 5.21 Å². The van der Waals surface area contributed by atoms with Crippen LogP contribution in [0.1, 0.15) is 5.82 Å². The van der Waals surface area contributed by atoms with E-state index in [4.69, 9.17) is 0 Å². The van der Waals surface area contributed by atoms with Gasteiger partial charge in [-0.3, -0.25) is 4.79 Å². The summed E-state index contributed by atoms with van der Waals surface area (Å²) in [5, 5.41) is 7.95. The van der Waals surface area contributed by atoms with Crippen LogP contribution in [0.5, 0.6) is 0 Å². The highest BCUT2D eigenvalue weighted by molar-refractivity contribution is 9.10. The van der Waals surface area contributed by atoms with Crippen molar-refractivity contribution in [1.82, 2.24) is 25.0 Å². The summed E-state index contributed by atoms with van der Waals surface area (Å²) in [6.45, 7) is 1.72. The lowest BCUT2D eigenvalue weighted by Gasteiger charge is -2.14. The van der Waals surface area contributed by atoms with E-state index in [0.717, 1.165) is 15.8 Å². The summed E-state index contributed by atoms with van der Waals surface area (Å²) in [4.78, 5) is 20.8. The Morgan fingerprint density at radius 3 is 2.76 bits per heavy atom. The smallest absolute Gasteiger partial charge is 0.281 e. The van der Waals surface area contributed by atoms with Crippen molar-refractivity contribution in [3.8, 4) is 5.69 Å². The summed E-state index contributed by atoms with van der Waals surface area (Å²) in [5.41, 5.74) is 2.21. The van der Waals surface area contributed by atoms with Gasteiger partial charge in [0, 0.05) is 24.3 Å². The second-order valence-corrected chi connectivity index (χ2v) is 5.71. The van der Waals surface area contributed by atoms with Gasteiger partial charge in [-0.15, -0.1) is 5.10 Å². The standard InChI is InChI=1S/C13H13BrN6O/c1-7-15-12-11(13(21)16-7)17-18-20(12)10-5-4-8(19(2)3)6-9(10)14/h4-6H,1-3H3,(H,15,16,21). The fraction of sp³-hybridized carbons (Fsp3) is 0.231. The van der Waals surface area contributed by atoms with E-state index in [0.29, 0.717) is 11.5 Å². The van der Waals surface area contributed by atoms with Crippen molar-refractivity contribution in [2.45, 2.75) is 6.92 Å². The van der Waals surface area contributed by atoms with E-state index in [-0.39, 0.29) is 11.1 Å². The molecule has 3 rings (SSSR count). The van der Waals surface area contributed by atoms with Crippen LogP contribution in [0.2, 0.25) is 0 Å². The number of aromatic nitrogens is 5. The Bertz CT molecular complexity index is 882. The third-order valence-corrected chi connectivity index (χ3v) is 3.74. The third kappa shape index (κ3) is 2.31. The Morgan fingerprint density at radius 1 is 1.33 bits per heavy atom. The highest BCUT2D eigenvalue weighted by Crippen LogP contribution is 2.26. The van der Waals surface area contributed by atoms with Crippen molar-refractivity contribution >= 4 is 32.8 Å². The number of hydrogen-bond donors (Lipinski definition) is 1. The SMILES string of the molecule is Cc1nc2c(nnn2-c2ccc(N(C)C)cc2Br)c(=O)[nH]1. The summed E-state index contributed by atoms with van der Waals surface area (Å²) in [6.07, 6.45) is 0. The van der Waals surface area contributed by atoms with Crippen LogP contribution >= 0.6 is 15.9 Å². The Kier molecular flexibility index (Phi) is 3.25. The molecule has 0 aliphatic rings. The molecule has 0 saturated carbocycles. The first-order valence-corrected chi connectivity index (χ1v) is 7.06. The summed E-state index contributed by atoms with van der Waals surface area (Å²) in [6, 6.07) is 5.85. The predicted molar refractivity (Wildman–Crippen MR) is 84.0 cm³/mol. The molecule has 0 radical (unpaired) electrons. The average molecular weight is 349 g/mol. The predicted octanol–water partition coefficient (Wildman–Crippen LogP) is 1.64. The summed E-state index contributed by atoms with van der Waals surface area (Å²) >= 11 is 3.53. The first-order valence-electron chi connectivity index (χ1n) is 6.27. The van der Waals surface area contributed by atoms with Crippen LogP contribution in [0.4, 0.5) is 5.69 Å². The van der Waals surface area contributed by atoms with Crippen LogP contribution in [0, 0.1) is 6.92 Å². The molecule has 0 spiro atoms. The van der Waals surface area contributed by atoms with Crippen molar-refractivity contribution in [3.63, 3.8) is 0 Å². The molecule has 1 aromatic carbocycles. The number of benzene rings is 1. The Hall–Kier alpha value is -2.22. The summed E-state index contributed by atoms with van der Waals surface area (Å²) in [7, 11) is 3.94. The molecule has 3 aromatic rings. The van der Waals surface area contributed by atoms with E-state index in [2.05, 4.69) is 36.2 Å². The normalized spacial score (nSPS) is 11.0. The second kappa shape index (κ2) is 4.96. The van der Waals surface area contributed by atoms with E-state index < -0.39 is 0 Å². The van der Waals surface area contributed by atoms with Crippen LogP contribution in [0.3, 0.4) is 0 Å². The van der Waals surface area contributed by atoms with E-state index in [1.54, 1.807) is 11.6 Å². The Morgan fingerprint density at radius 2 is 2.10 bits per heavy atom. The molecule has 0 fully saturated rings. The maximum absolute atomic E-state index is 11.8.